The zero-order chi connectivity index (χ0) is 14.1. The van der Waals surface area contributed by atoms with Crippen molar-refractivity contribution in [3.05, 3.63) is 0 Å². The van der Waals surface area contributed by atoms with Crippen LogP contribution in [0.15, 0.2) is 0 Å². The summed E-state index contributed by atoms with van der Waals surface area (Å²) in [4.78, 5) is 32.6. The Morgan fingerprint density at radius 2 is 1.35 bits per heavy atom. The topological polar surface area (TPSA) is 134 Å². The lowest BCUT2D eigenvalue weighted by Crippen LogP contribution is -2.46. The predicted octanol–water partition coefficient (Wildman–Crippen LogP) is 0.874. The summed E-state index contributed by atoms with van der Waals surface area (Å²) in [6.45, 7) is 0.701. The minimum atomic E-state index is -5.79. The number of phosphoric acid groups is 2. The first kappa shape index (κ1) is 17.0. The van der Waals surface area contributed by atoms with Crippen molar-refractivity contribution in [2.75, 3.05) is 0 Å². The summed E-state index contributed by atoms with van der Waals surface area (Å²) in [6, 6.07) is 0. The van der Waals surface area contributed by atoms with Crippen molar-refractivity contribution in [1.29, 1.82) is 0 Å². The molecule has 4 N–H and O–H groups in total. The van der Waals surface area contributed by atoms with Gasteiger partial charge < -0.3 is 19.6 Å². The maximum Gasteiger partial charge on any atom is 0.474 e. The molecule has 0 radical (unpaired) electrons. The van der Waals surface area contributed by atoms with E-state index in [0.29, 0.717) is 6.92 Å². The van der Waals surface area contributed by atoms with Gasteiger partial charge in [-0.1, -0.05) is 6.92 Å². The molecule has 0 fully saturated rings. The normalized spacial score (nSPS) is 17.9. The molecule has 0 rings (SSSR count). The van der Waals surface area contributed by atoms with Gasteiger partial charge in [-0.2, -0.15) is 8.78 Å². The van der Waals surface area contributed by atoms with E-state index in [1.54, 1.807) is 0 Å². The Morgan fingerprint density at radius 3 is 1.59 bits per heavy atom. The Labute approximate surface area is 92.8 Å². The maximum atomic E-state index is 13.4. The summed E-state index contributed by atoms with van der Waals surface area (Å²) >= 11 is 0. The van der Waals surface area contributed by atoms with Gasteiger partial charge in [-0.15, -0.1) is 0 Å². The molecule has 0 aromatic heterocycles. The molecule has 17 heavy (non-hydrogen) atoms. The summed E-state index contributed by atoms with van der Waals surface area (Å²) < 4.78 is 65.7. The molecular formula is C4H9F3O8P2. The average molecular weight is 304 g/mol. The highest BCUT2D eigenvalue weighted by molar-refractivity contribution is 7.46. The third kappa shape index (κ3) is 5.45. The predicted molar refractivity (Wildman–Crippen MR) is 45.3 cm³/mol. The Hall–Kier alpha value is 0.01000. The van der Waals surface area contributed by atoms with Crippen LogP contribution < -0.4 is 0 Å². The van der Waals surface area contributed by atoms with E-state index in [1.807, 2.05) is 0 Å². The number of halogens is 3. The molecule has 0 saturated heterocycles. The van der Waals surface area contributed by atoms with E-state index in [4.69, 9.17) is 19.6 Å². The van der Waals surface area contributed by atoms with E-state index in [0.717, 1.165) is 0 Å². The summed E-state index contributed by atoms with van der Waals surface area (Å²) in [7, 11) is -11.4. The molecule has 0 spiro atoms. The van der Waals surface area contributed by atoms with Gasteiger partial charge in [0.25, 0.3) is 0 Å². The van der Waals surface area contributed by atoms with E-state index < -0.39 is 34.0 Å². The Bertz CT molecular complexity index is 362. The van der Waals surface area contributed by atoms with Crippen LogP contribution >= 0.6 is 15.6 Å². The Kier molecular flexibility index (Phi) is 4.95. The first-order valence-corrected chi connectivity index (χ1v) is 6.88. The lowest BCUT2D eigenvalue weighted by atomic mass is 10.2. The fraction of sp³-hybridized carbons (Fsp3) is 1.00. The first-order chi connectivity index (χ1) is 7.22. The van der Waals surface area contributed by atoms with Gasteiger partial charge in [0.1, 0.15) is 0 Å². The molecular weight excluding hydrogens is 295 g/mol. The summed E-state index contributed by atoms with van der Waals surface area (Å²) in [5.41, 5.74) is 0. The van der Waals surface area contributed by atoms with Crippen LogP contribution in [-0.4, -0.2) is 31.5 Å². The fourth-order valence-electron chi connectivity index (χ4n) is 0.729. The molecule has 0 saturated carbocycles. The first-order valence-electron chi connectivity index (χ1n) is 3.82. The van der Waals surface area contributed by atoms with Crippen molar-refractivity contribution in [3.8, 4) is 0 Å². The lowest BCUT2D eigenvalue weighted by molar-refractivity contribution is -0.335. The molecule has 1 atom stereocenters. The van der Waals surface area contributed by atoms with E-state index in [1.165, 1.54) is 0 Å². The standard InChI is InChI=1S/C4H9F3O8P2/c1-2-3(5,14-16(8,9)10)4(6,7)15-17(11,12)13/h2H2,1H3,(H2,8,9,10)(H2,11,12,13). The van der Waals surface area contributed by atoms with Gasteiger partial charge >= 0.3 is 27.6 Å². The molecule has 0 aromatic rings. The van der Waals surface area contributed by atoms with E-state index in [-0.39, 0.29) is 0 Å². The Morgan fingerprint density at radius 1 is 1.00 bits per heavy atom. The number of hydrogen-bond acceptors (Lipinski definition) is 4. The van der Waals surface area contributed by atoms with Crippen molar-refractivity contribution in [1.82, 2.24) is 0 Å². The molecule has 104 valence electrons. The highest BCUT2D eigenvalue weighted by atomic mass is 31.2. The van der Waals surface area contributed by atoms with Gasteiger partial charge in [0, 0.05) is 6.42 Å². The van der Waals surface area contributed by atoms with Gasteiger partial charge in [-0.05, 0) is 0 Å². The molecule has 1 unspecified atom stereocenters. The van der Waals surface area contributed by atoms with Gasteiger partial charge in [0.05, 0.1) is 0 Å². The fourth-order valence-corrected chi connectivity index (χ4v) is 1.78. The van der Waals surface area contributed by atoms with E-state index in [9.17, 15) is 22.3 Å². The molecule has 0 aliphatic heterocycles. The van der Waals surface area contributed by atoms with Gasteiger partial charge in [-0.25, -0.2) is 22.6 Å². The van der Waals surface area contributed by atoms with Gasteiger partial charge in [0.15, 0.2) is 0 Å². The largest absolute Gasteiger partial charge is 0.474 e. The third-order valence-electron chi connectivity index (χ3n) is 1.39. The van der Waals surface area contributed by atoms with Crippen molar-refractivity contribution < 1.29 is 50.9 Å². The van der Waals surface area contributed by atoms with Gasteiger partial charge in [-0.3, -0.25) is 0 Å². The van der Waals surface area contributed by atoms with Crippen molar-refractivity contribution in [3.63, 3.8) is 0 Å². The zero-order valence-corrected chi connectivity index (χ0v) is 9.95. The van der Waals surface area contributed by atoms with E-state index in [2.05, 4.69) is 9.05 Å². The van der Waals surface area contributed by atoms with Crippen LogP contribution in [0.2, 0.25) is 0 Å². The van der Waals surface area contributed by atoms with Crippen molar-refractivity contribution >= 4 is 15.6 Å². The number of alkyl halides is 3. The van der Waals surface area contributed by atoms with Crippen LogP contribution in [0.3, 0.4) is 0 Å². The quantitative estimate of drug-likeness (QED) is 0.531. The molecule has 13 heteroatoms. The van der Waals surface area contributed by atoms with Crippen LogP contribution in [0.5, 0.6) is 0 Å². The maximum absolute atomic E-state index is 13.4. The molecule has 8 nitrogen and oxygen atoms in total. The number of phosphoric ester groups is 2. The minimum Gasteiger partial charge on any atom is -0.303 e. The van der Waals surface area contributed by atoms with Crippen LogP contribution in [0.4, 0.5) is 13.2 Å². The van der Waals surface area contributed by atoms with Crippen LogP contribution in [0.1, 0.15) is 13.3 Å². The second-order valence-electron chi connectivity index (χ2n) is 2.76. The zero-order valence-electron chi connectivity index (χ0n) is 8.16. The number of hydrogen-bond donors (Lipinski definition) is 4. The lowest BCUT2D eigenvalue weighted by Gasteiger charge is -2.31. The van der Waals surface area contributed by atoms with Crippen LogP contribution in [0.25, 0.3) is 0 Å². The molecule has 0 aromatic carbocycles. The molecule has 0 amide bonds. The Balaban J connectivity index is 5.21. The van der Waals surface area contributed by atoms with Crippen molar-refractivity contribution in [2.24, 2.45) is 0 Å². The second-order valence-corrected chi connectivity index (χ2v) is 5.09. The minimum absolute atomic E-state index is 0.701. The van der Waals surface area contributed by atoms with E-state index >= 15 is 0 Å². The summed E-state index contributed by atoms with van der Waals surface area (Å²) in [5, 5.41) is 0. The van der Waals surface area contributed by atoms with Gasteiger partial charge in [0.2, 0.25) is 0 Å². The third-order valence-corrected chi connectivity index (χ3v) is 2.38. The molecule has 0 aliphatic carbocycles. The monoisotopic (exact) mass is 304 g/mol. The van der Waals surface area contributed by atoms with Crippen LogP contribution in [0, 0.1) is 0 Å². The average Bonchev–Trinajstić information content (AvgIpc) is 1.95. The van der Waals surface area contributed by atoms with Crippen LogP contribution in [-0.2, 0) is 18.2 Å². The molecule has 0 aliphatic rings. The second kappa shape index (κ2) is 4.94. The SMILES string of the molecule is CCC(F)(OP(=O)(O)O)C(F)(F)OP(=O)(O)O. The summed E-state index contributed by atoms with van der Waals surface area (Å²) in [6.07, 6.45) is -6.58. The molecule has 0 bridgehead atoms. The highest BCUT2D eigenvalue weighted by Crippen LogP contribution is 2.54. The smallest absolute Gasteiger partial charge is 0.303 e. The number of rotatable bonds is 6. The molecule has 0 heterocycles. The van der Waals surface area contributed by atoms with Crippen molar-refractivity contribution in [2.45, 2.75) is 25.3 Å². The summed E-state index contributed by atoms with van der Waals surface area (Å²) in [5.74, 6) is -4.38. The highest BCUT2D eigenvalue weighted by Gasteiger charge is 2.62.